The highest BCUT2D eigenvalue weighted by molar-refractivity contribution is 7.89. The molecule has 1 N–H and O–H groups in total. The molecule has 142 valence electrons. The molecule has 1 aromatic carbocycles. The minimum absolute atomic E-state index is 0.0655. The molecule has 0 amide bonds. The van der Waals surface area contributed by atoms with E-state index >= 15 is 0 Å². The zero-order valence-electron chi connectivity index (χ0n) is 13.8. The van der Waals surface area contributed by atoms with Crippen LogP contribution in [0.3, 0.4) is 0 Å². The molecule has 0 unspecified atom stereocenters. The lowest BCUT2D eigenvalue weighted by Crippen LogP contribution is -2.45. The lowest BCUT2D eigenvalue weighted by atomic mass is 9.64. The monoisotopic (exact) mass is 390 g/mol. The molecule has 1 aliphatic carbocycles. The van der Waals surface area contributed by atoms with Crippen LogP contribution in [-0.4, -0.2) is 36.3 Å². The number of nitrogens with zero attached hydrogens (tertiary/aromatic N) is 3. The maximum absolute atomic E-state index is 12.4. The maximum atomic E-state index is 12.4. The van der Waals surface area contributed by atoms with Crippen molar-refractivity contribution in [2.75, 3.05) is 6.54 Å². The first kappa shape index (κ1) is 18.6. The summed E-state index contributed by atoms with van der Waals surface area (Å²) in [6.45, 7) is 0.0655. The molecule has 1 fully saturated rings. The number of hydrogen-bond acceptors (Lipinski definition) is 5. The molecule has 1 aliphatic rings. The average molecular weight is 390 g/mol. The molecule has 1 heterocycles. The smallest absolute Gasteiger partial charge is 0.406 e. The Balaban J connectivity index is 1.80. The minimum Gasteiger partial charge on any atom is -0.406 e. The lowest BCUT2D eigenvalue weighted by Gasteiger charge is -2.42. The Kier molecular flexibility index (Phi) is 4.69. The first-order chi connectivity index (χ1) is 12.1. The van der Waals surface area contributed by atoms with Gasteiger partial charge in [-0.2, -0.15) is 0 Å². The second-order valence-corrected chi connectivity index (χ2v) is 7.94. The summed E-state index contributed by atoms with van der Waals surface area (Å²) in [6.07, 6.45) is -1.46. The number of rotatable bonds is 6. The molecule has 0 atom stereocenters. The van der Waals surface area contributed by atoms with E-state index in [0.717, 1.165) is 17.3 Å². The third kappa shape index (κ3) is 3.83. The number of halogens is 3. The van der Waals surface area contributed by atoms with E-state index in [1.54, 1.807) is 6.07 Å². The van der Waals surface area contributed by atoms with Crippen LogP contribution in [0.1, 0.15) is 24.8 Å². The van der Waals surface area contributed by atoms with Crippen molar-refractivity contribution in [1.29, 1.82) is 0 Å². The molecule has 7 nitrogen and oxygen atoms in total. The molecule has 26 heavy (non-hydrogen) atoms. The quantitative estimate of drug-likeness (QED) is 0.817. The van der Waals surface area contributed by atoms with E-state index in [2.05, 4.69) is 19.8 Å². The SMILES string of the molecule is Cn1nncc1S(=O)(=O)NCC1(c2cccc(OC(F)(F)F)c2)CCC1. The van der Waals surface area contributed by atoms with Crippen molar-refractivity contribution in [2.24, 2.45) is 7.05 Å². The van der Waals surface area contributed by atoms with E-state index in [4.69, 9.17) is 0 Å². The fourth-order valence-electron chi connectivity index (χ4n) is 3.02. The molecule has 0 aliphatic heterocycles. The summed E-state index contributed by atoms with van der Waals surface area (Å²) in [5, 5.41) is 7.05. The highest BCUT2D eigenvalue weighted by Crippen LogP contribution is 2.44. The Morgan fingerprint density at radius 1 is 1.35 bits per heavy atom. The molecule has 11 heteroatoms. The summed E-state index contributed by atoms with van der Waals surface area (Å²) in [5.41, 5.74) is 0.0423. The van der Waals surface area contributed by atoms with Crippen LogP contribution >= 0.6 is 0 Å². The van der Waals surface area contributed by atoms with Crippen molar-refractivity contribution in [3.8, 4) is 5.75 Å². The van der Waals surface area contributed by atoms with Crippen molar-refractivity contribution < 1.29 is 26.3 Å². The van der Waals surface area contributed by atoms with E-state index < -0.39 is 21.8 Å². The zero-order valence-corrected chi connectivity index (χ0v) is 14.6. The highest BCUT2D eigenvalue weighted by atomic mass is 32.2. The van der Waals surface area contributed by atoms with E-state index in [9.17, 15) is 21.6 Å². The van der Waals surface area contributed by atoms with Crippen molar-refractivity contribution in [2.45, 2.75) is 36.1 Å². The Morgan fingerprint density at radius 3 is 2.62 bits per heavy atom. The molecule has 1 saturated carbocycles. The summed E-state index contributed by atoms with van der Waals surface area (Å²) in [7, 11) is -2.37. The van der Waals surface area contributed by atoms with E-state index in [0.29, 0.717) is 18.4 Å². The molecule has 0 radical (unpaired) electrons. The fourth-order valence-corrected chi connectivity index (χ4v) is 4.21. The molecule has 3 rings (SSSR count). The van der Waals surface area contributed by atoms with Gasteiger partial charge >= 0.3 is 6.36 Å². The topological polar surface area (TPSA) is 86.1 Å². The Morgan fingerprint density at radius 2 is 2.08 bits per heavy atom. The summed E-state index contributed by atoms with van der Waals surface area (Å²) in [4.78, 5) is 0. The van der Waals surface area contributed by atoms with Crippen molar-refractivity contribution in [1.82, 2.24) is 19.7 Å². The van der Waals surface area contributed by atoms with Gasteiger partial charge in [0, 0.05) is 19.0 Å². The highest BCUT2D eigenvalue weighted by Gasteiger charge is 2.40. The number of aryl methyl sites for hydroxylation is 1. The maximum Gasteiger partial charge on any atom is 0.573 e. The van der Waals surface area contributed by atoms with Gasteiger partial charge in [-0.05, 0) is 30.5 Å². The molecule has 0 bridgehead atoms. The Labute approximate surface area is 148 Å². The summed E-state index contributed by atoms with van der Waals surface area (Å²) < 4.78 is 69.7. The normalized spacial score (nSPS) is 16.9. The van der Waals surface area contributed by atoms with Crippen LogP contribution in [0.25, 0.3) is 0 Å². The van der Waals surface area contributed by atoms with E-state index in [1.807, 2.05) is 0 Å². The number of benzene rings is 1. The number of sulfonamides is 1. The van der Waals surface area contributed by atoms with Gasteiger partial charge in [-0.15, -0.1) is 18.3 Å². The van der Waals surface area contributed by atoms with Gasteiger partial charge in [0.05, 0.1) is 6.20 Å². The third-order valence-corrected chi connectivity index (χ3v) is 5.98. The first-order valence-corrected chi connectivity index (χ1v) is 9.30. The largest absolute Gasteiger partial charge is 0.573 e. The van der Waals surface area contributed by atoms with Crippen LogP contribution in [0, 0.1) is 0 Å². The van der Waals surface area contributed by atoms with Gasteiger partial charge in [0.15, 0.2) is 5.03 Å². The first-order valence-electron chi connectivity index (χ1n) is 7.82. The molecular weight excluding hydrogens is 373 g/mol. The van der Waals surface area contributed by atoms with Crippen LogP contribution in [0.4, 0.5) is 13.2 Å². The number of hydrogen-bond donors (Lipinski definition) is 1. The van der Waals surface area contributed by atoms with Crippen molar-refractivity contribution >= 4 is 10.0 Å². The second-order valence-electron chi connectivity index (χ2n) is 6.23. The molecule has 1 aromatic heterocycles. The minimum atomic E-state index is -4.78. The predicted octanol–water partition coefficient (Wildman–Crippen LogP) is 2.11. The standard InChI is InChI=1S/C15H17F3N4O3S/c1-22-13(9-19-21-22)26(23,24)20-10-14(6-3-7-14)11-4-2-5-12(8-11)25-15(16,17)18/h2,4-5,8-9,20H,3,6-7,10H2,1H3. The van der Waals surface area contributed by atoms with Crippen molar-refractivity contribution in [3.05, 3.63) is 36.0 Å². The average Bonchev–Trinajstić information content (AvgIpc) is 2.92. The van der Waals surface area contributed by atoms with Gasteiger partial charge in [-0.25, -0.2) is 17.8 Å². The van der Waals surface area contributed by atoms with Gasteiger partial charge in [0.2, 0.25) is 0 Å². The summed E-state index contributed by atoms with van der Waals surface area (Å²) >= 11 is 0. The number of aromatic nitrogens is 3. The molecular formula is C15H17F3N4O3S. The van der Waals surface area contributed by atoms with Crippen LogP contribution in [0.2, 0.25) is 0 Å². The van der Waals surface area contributed by atoms with Crippen LogP contribution in [0.15, 0.2) is 35.5 Å². The van der Waals surface area contributed by atoms with Crippen LogP contribution < -0.4 is 9.46 Å². The summed E-state index contributed by atoms with van der Waals surface area (Å²) in [6, 6.07) is 5.68. The van der Waals surface area contributed by atoms with Crippen LogP contribution in [-0.2, 0) is 22.5 Å². The number of ether oxygens (including phenoxy) is 1. The van der Waals surface area contributed by atoms with Gasteiger partial charge < -0.3 is 4.74 Å². The summed E-state index contributed by atoms with van der Waals surface area (Å²) in [5.74, 6) is -0.319. The third-order valence-electron chi connectivity index (χ3n) is 4.54. The number of alkyl halides is 3. The molecule has 0 spiro atoms. The molecule has 0 saturated heterocycles. The van der Waals surface area contributed by atoms with E-state index in [1.165, 1.54) is 25.2 Å². The van der Waals surface area contributed by atoms with E-state index in [-0.39, 0.29) is 17.3 Å². The lowest BCUT2D eigenvalue weighted by molar-refractivity contribution is -0.274. The van der Waals surface area contributed by atoms with Gasteiger partial charge in [0.25, 0.3) is 10.0 Å². The Hall–Kier alpha value is -2.14. The van der Waals surface area contributed by atoms with Crippen molar-refractivity contribution in [3.63, 3.8) is 0 Å². The number of nitrogens with one attached hydrogen (secondary N) is 1. The van der Waals surface area contributed by atoms with Crippen LogP contribution in [0.5, 0.6) is 5.75 Å². The second kappa shape index (κ2) is 6.54. The fraction of sp³-hybridized carbons (Fsp3) is 0.467. The molecule has 2 aromatic rings. The predicted molar refractivity (Wildman–Crippen MR) is 84.8 cm³/mol. The van der Waals surface area contributed by atoms with Gasteiger partial charge in [0.1, 0.15) is 5.75 Å². The van der Waals surface area contributed by atoms with Gasteiger partial charge in [-0.3, -0.25) is 0 Å². The zero-order chi connectivity index (χ0) is 19.0. The Bertz CT molecular complexity index is 892. The van der Waals surface area contributed by atoms with Gasteiger partial charge in [-0.1, -0.05) is 23.8 Å².